The summed E-state index contributed by atoms with van der Waals surface area (Å²) >= 11 is 2.33. The Morgan fingerprint density at radius 3 is 2.32 bits per heavy atom. The number of aliphatic carboxylic acids is 1. The second kappa shape index (κ2) is 12.4. The Kier molecular flexibility index (Phi) is 9.50. The molecule has 0 saturated carbocycles. The summed E-state index contributed by atoms with van der Waals surface area (Å²) in [5.41, 5.74) is 4.41. The number of amides is 1. The van der Waals surface area contributed by atoms with Gasteiger partial charge < -0.3 is 10.4 Å². The molecule has 9 nitrogen and oxygen atoms in total. The second-order valence-electron chi connectivity index (χ2n) is 9.72. The molecule has 0 spiro atoms. The predicted molar refractivity (Wildman–Crippen MR) is 144 cm³/mol. The third-order valence-electron chi connectivity index (χ3n) is 5.52. The van der Waals surface area contributed by atoms with E-state index in [1.54, 1.807) is 0 Å². The first-order valence-corrected chi connectivity index (χ1v) is 13.5. The van der Waals surface area contributed by atoms with Gasteiger partial charge in [-0.15, -0.1) is 10.2 Å². The first-order valence-electron chi connectivity index (χ1n) is 11.7. The highest BCUT2D eigenvalue weighted by atomic mass is 32.2. The van der Waals surface area contributed by atoms with E-state index in [1.165, 1.54) is 17.3 Å². The average Bonchev–Trinajstić information content (AvgIpc) is 3.26. The maximum absolute atomic E-state index is 12.8. The summed E-state index contributed by atoms with van der Waals surface area (Å²) in [6.07, 6.45) is -0.536. The van der Waals surface area contributed by atoms with E-state index in [-0.39, 0.29) is 12.0 Å². The van der Waals surface area contributed by atoms with Crippen molar-refractivity contribution in [3.8, 4) is 0 Å². The highest BCUT2D eigenvalue weighted by Gasteiger charge is 2.25. The van der Waals surface area contributed by atoms with Crippen LogP contribution in [0.2, 0.25) is 0 Å². The molecule has 2 aromatic carbocycles. The van der Waals surface area contributed by atoms with Crippen molar-refractivity contribution in [3.63, 3.8) is 0 Å². The van der Waals surface area contributed by atoms with Crippen molar-refractivity contribution in [2.75, 3.05) is 0 Å². The lowest BCUT2D eigenvalue weighted by Crippen LogP contribution is -2.42. The van der Waals surface area contributed by atoms with Crippen LogP contribution in [0.5, 0.6) is 0 Å². The van der Waals surface area contributed by atoms with Crippen LogP contribution >= 0.6 is 23.5 Å². The fraction of sp³-hybridized carbons (Fsp3) is 0.385. The number of aromatic nitrogens is 4. The fourth-order valence-electron chi connectivity index (χ4n) is 3.55. The van der Waals surface area contributed by atoms with Crippen molar-refractivity contribution in [2.24, 2.45) is 0 Å². The molecule has 0 saturated heterocycles. The lowest BCUT2D eigenvalue weighted by molar-refractivity contribution is -0.139. The monoisotopic (exact) mass is 541 g/mol. The van der Waals surface area contributed by atoms with Gasteiger partial charge in [0, 0.05) is 10.6 Å². The van der Waals surface area contributed by atoms with E-state index in [0.29, 0.717) is 10.9 Å². The van der Waals surface area contributed by atoms with Crippen LogP contribution < -0.4 is 5.32 Å². The zero-order chi connectivity index (χ0) is 27.2. The number of benzene rings is 2. The number of Topliss-reactive ketones (excluding diaryl/α,β-unsaturated/α-hetero) is 1. The van der Waals surface area contributed by atoms with E-state index >= 15 is 0 Å². The van der Waals surface area contributed by atoms with Crippen molar-refractivity contribution < 1.29 is 19.5 Å². The van der Waals surface area contributed by atoms with Crippen LogP contribution in [0.4, 0.5) is 4.79 Å². The molecular formula is C26H31N5O4S2. The number of nitrogens with one attached hydrogen (secondary N) is 1. The number of tetrazole rings is 1. The van der Waals surface area contributed by atoms with Gasteiger partial charge in [-0.1, -0.05) is 75.0 Å². The van der Waals surface area contributed by atoms with Gasteiger partial charge in [0.1, 0.15) is 12.6 Å². The summed E-state index contributed by atoms with van der Waals surface area (Å²) < 4.78 is 0. The number of carbonyl (C=O) groups excluding carboxylic acids is 2. The molecule has 1 atom stereocenters. The van der Waals surface area contributed by atoms with Crippen molar-refractivity contribution in [2.45, 2.75) is 74.8 Å². The summed E-state index contributed by atoms with van der Waals surface area (Å²) in [6, 6.07) is 12.5. The maximum Gasteiger partial charge on any atom is 0.305 e. The minimum Gasteiger partial charge on any atom is -0.481 e. The number of carboxylic acid groups (broad SMARTS) is 1. The number of hydrogen-bond acceptors (Lipinski definition) is 8. The predicted octanol–water partition coefficient (Wildman–Crippen LogP) is 4.79. The van der Waals surface area contributed by atoms with E-state index in [9.17, 15) is 19.5 Å². The van der Waals surface area contributed by atoms with Gasteiger partial charge in [0.15, 0.2) is 5.78 Å². The molecule has 0 aliphatic rings. The number of carboxylic acids is 1. The lowest BCUT2D eigenvalue weighted by atomic mass is 9.85. The molecule has 1 unspecified atom stereocenters. The lowest BCUT2D eigenvalue weighted by Gasteiger charge is -2.21. The Hall–Kier alpha value is -3.18. The molecule has 0 radical (unpaired) electrons. The largest absolute Gasteiger partial charge is 0.481 e. The van der Waals surface area contributed by atoms with E-state index in [2.05, 4.69) is 53.6 Å². The Morgan fingerprint density at radius 1 is 1.08 bits per heavy atom. The number of rotatable bonds is 10. The van der Waals surface area contributed by atoms with Crippen LogP contribution in [-0.4, -0.2) is 48.3 Å². The molecule has 196 valence electrons. The first kappa shape index (κ1) is 28.4. The molecule has 0 aliphatic carbocycles. The number of hydrogen-bond donors (Lipinski definition) is 2. The smallest absolute Gasteiger partial charge is 0.305 e. The third kappa shape index (κ3) is 8.43. The van der Waals surface area contributed by atoms with Crippen molar-refractivity contribution in [1.29, 1.82) is 0 Å². The Morgan fingerprint density at radius 2 is 1.73 bits per heavy atom. The molecule has 0 aliphatic heterocycles. The van der Waals surface area contributed by atoms with Crippen LogP contribution in [0, 0.1) is 13.8 Å². The highest BCUT2D eigenvalue weighted by molar-refractivity contribution is 8.12. The second-order valence-corrected chi connectivity index (χ2v) is 11.6. The molecule has 3 rings (SSSR count). The topological polar surface area (TPSA) is 127 Å². The van der Waals surface area contributed by atoms with Crippen molar-refractivity contribution in [1.82, 2.24) is 25.5 Å². The summed E-state index contributed by atoms with van der Waals surface area (Å²) in [7, 11) is 0. The van der Waals surface area contributed by atoms with Gasteiger partial charge in [-0.25, -0.2) is 0 Å². The van der Waals surface area contributed by atoms with Crippen LogP contribution in [0.25, 0.3) is 0 Å². The van der Waals surface area contributed by atoms with E-state index in [4.69, 9.17) is 0 Å². The molecule has 3 aromatic rings. The van der Waals surface area contributed by atoms with Gasteiger partial charge in [-0.3, -0.25) is 14.4 Å². The van der Waals surface area contributed by atoms with Crippen molar-refractivity contribution in [3.05, 3.63) is 64.7 Å². The van der Waals surface area contributed by atoms with Gasteiger partial charge in [0.2, 0.25) is 5.16 Å². The number of aryl methyl sites for hydroxylation is 2. The third-order valence-corrected chi connectivity index (χ3v) is 7.58. The molecule has 37 heavy (non-hydrogen) atoms. The average molecular weight is 542 g/mol. The summed E-state index contributed by atoms with van der Waals surface area (Å²) in [5.74, 6) is -1.31. The van der Waals surface area contributed by atoms with Crippen LogP contribution in [-0.2, 0) is 27.3 Å². The molecule has 1 aromatic heterocycles. The minimum absolute atomic E-state index is 0.0302. The number of thioether (sulfide) groups is 1. The zero-order valence-electron chi connectivity index (χ0n) is 21.5. The van der Waals surface area contributed by atoms with Crippen molar-refractivity contribution >= 4 is 40.5 Å². The standard InChI is InChI=1S/C26H31N5O4S2/c1-16-11-19(26(3,4)5)12-17(2)23(16)37-24-28-30-31(29-24)14-21(32)20(13-22(33)34)27-25(35)36-15-18-9-7-6-8-10-18/h6-12,20H,13-15H2,1-5H3,(H,27,35)(H,33,34). The number of ketones is 1. The molecule has 0 bridgehead atoms. The van der Waals surface area contributed by atoms with Gasteiger partial charge in [-0.05, 0) is 58.5 Å². The summed E-state index contributed by atoms with van der Waals surface area (Å²) in [6.45, 7) is 10.3. The first-order chi connectivity index (χ1) is 17.4. The molecule has 1 amide bonds. The Bertz CT molecular complexity index is 1250. The summed E-state index contributed by atoms with van der Waals surface area (Å²) in [4.78, 5) is 38.7. The molecule has 11 heteroatoms. The molecule has 2 N–H and O–H groups in total. The number of carbonyl (C=O) groups is 3. The zero-order valence-corrected chi connectivity index (χ0v) is 23.2. The summed E-state index contributed by atoms with van der Waals surface area (Å²) in [5, 5.41) is 23.9. The molecule has 0 fully saturated rings. The molecular weight excluding hydrogens is 510 g/mol. The Balaban J connectivity index is 1.64. The number of nitrogens with zero attached hydrogens (tertiary/aromatic N) is 4. The van der Waals surface area contributed by atoms with Gasteiger partial charge >= 0.3 is 5.97 Å². The SMILES string of the molecule is Cc1cc(C(C)(C)C)cc(C)c1Sc1nnn(CC(=O)C(CC(=O)O)NC(=O)SCc2ccccc2)n1. The minimum atomic E-state index is -1.20. The Labute approximate surface area is 224 Å². The highest BCUT2D eigenvalue weighted by Crippen LogP contribution is 2.34. The van der Waals surface area contributed by atoms with Crippen LogP contribution in [0.3, 0.4) is 0 Å². The normalized spacial score (nSPS) is 12.2. The van der Waals surface area contributed by atoms with Gasteiger partial charge in [0.05, 0.1) is 6.42 Å². The maximum atomic E-state index is 12.8. The van der Waals surface area contributed by atoms with E-state index < -0.39 is 29.5 Å². The molecule has 1 heterocycles. The van der Waals surface area contributed by atoms with Gasteiger partial charge in [0.25, 0.3) is 5.24 Å². The van der Waals surface area contributed by atoms with Gasteiger partial charge in [-0.2, -0.15) is 4.80 Å². The fourth-order valence-corrected chi connectivity index (χ4v) is 5.10. The van der Waals surface area contributed by atoms with Crippen LogP contribution in [0.1, 0.15) is 49.4 Å². The van der Waals surface area contributed by atoms with E-state index in [1.807, 2.05) is 44.2 Å². The quantitative estimate of drug-likeness (QED) is 0.372. The van der Waals surface area contributed by atoms with Crippen LogP contribution in [0.15, 0.2) is 52.5 Å². The van der Waals surface area contributed by atoms with E-state index in [0.717, 1.165) is 38.1 Å².